The molecule has 4 heterocycles. The maximum atomic E-state index is 12.6. The second kappa shape index (κ2) is 12.3. The molecule has 0 bridgehead atoms. The van der Waals surface area contributed by atoms with E-state index in [1.807, 2.05) is 0 Å². The van der Waals surface area contributed by atoms with Crippen LogP contribution >= 0.6 is 15.6 Å². The SMILES string of the molecule is CC1(OP(=O)(O)OP(=O)(O)OC[C@H]2O[C@@H](n3cnc4c(N)ncnc43)C(O)C2O)OCC(C(O)CO)[C@@H](O)C(O)C1O. The lowest BCUT2D eigenvalue weighted by Crippen LogP contribution is -2.52. The number of aromatic nitrogens is 4. The zero-order valence-electron chi connectivity index (χ0n) is 21.6. The van der Waals surface area contributed by atoms with E-state index in [9.17, 15) is 49.6 Å². The minimum Gasteiger partial charge on any atom is -0.394 e. The van der Waals surface area contributed by atoms with E-state index in [2.05, 4.69) is 23.8 Å². The molecule has 0 spiro atoms. The van der Waals surface area contributed by atoms with Crippen molar-refractivity contribution in [2.75, 3.05) is 25.6 Å². The van der Waals surface area contributed by atoms with Gasteiger partial charge in [0.05, 0.1) is 38.4 Å². The van der Waals surface area contributed by atoms with Crippen molar-refractivity contribution < 1.29 is 77.5 Å². The van der Waals surface area contributed by atoms with Gasteiger partial charge in [0.1, 0.15) is 42.4 Å². The third kappa shape index (κ3) is 6.66. The normalized spacial score (nSPS) is 37.7. The Morgan fingerprint density at radius 1 is 1.10 bits per heavy atom. The van der Waals surface area contributed by atoms with Crippen LogP contribution in [0, 0.1) is 5.92 Å². The van der Waals surface area contributed by atoms with Crippen molar-refractivity contribution in [3.8, 4) is 0 Å². The molecule has 2 aliphatic rings. The van der Waals surface area contributed by atoms with Gasteiger partial charge in [0.25, 0.3) is 0 Å². The van der Waals surface area contributed by atoms with E-state index in [-0.39, 0.29) is 17.0 Å². The summed E-state index contributed by atoms with van der Waals surface area (Å²) in [5, 5.41) is 70.8. The molecule has 4 rings (SSSR count). The number of anilines is 1. The molecule has 238 valence electrons. The van der Waals surface area contributed by atoms with E-state index in [0.29, 0.717) is 0 Å². The number of ether oxygens (including phenoxy) is 2. The average molecular weight is 647 g/mol. The fourth-order valence-corrected chi connectivity index (χ4v) is 6.79. The van der Waals surface area contributed by atoms with Gasteiger partial charge in [-0.15, -0.1) is 0 Å². The van der Waals surface area contributed by atoms with Crippen LogP contribution in [0.4, 0.5) is 5.82 Å². The number of nitrogen functional groups attached to an aromatic ring is 1. The highest BCUT2D eigenvalue weighted by molar-refractivity contribution is 7.61. The van der Waals surface area contributed by atoms with Crippen LogP contribution in [-0.2, 0) is 32.0 Å². The summed E-state index contributed by atoms with van der Waals surface area (Å²) in [7, 11) is -11.2. The lowest BCUT2D eigenvalue weighted by Gasteiger charge is -2.35. The number of aliphatic hydroxyl groups is 7. The van der Waals surface area contributed by atoms with Gasteiger partial charge in [0, 0.05) is 5.92 Å². The number of phosphoric acid groups is 2. The first-order valence-corrected chi connectivity index (χ1v) is 15.1. The highest BCUT2D eigenvalue weighted by Crippen LogP contribution is 2.62. The van der Waals surface area contributed by atoms with Gasteiger partial charge >= 0.3 is 15.6 Å². The van der Waals surface area contributed by atoms with E-state index in [0.717, 1.165) is 13.3 Å². The molecule has 2 aliphatic heterocycles. The highest BCUT2D eigenvalue weighted by Gasteiger charge is 2.54. The van der Waals surface area contributed by atoms with Crippen LogP contribution in [0.3, 0.4) is 0 Å². The van der Waals surface area contributed by atoms with Crippen molar-refractivity contribution >= 4 is 32.6 Å². The third-order valence-corrected chi connectivity index (χ3v) is 9.52. The molecule has 11 N–H and O–H groups in total. The number of imidazole rings is 1. The number of aliphatic hydroxyl groups excluding tert-OH is 7. The van der Waals surface area contributed by atoms with Crippen molar-refractivity contribution in [2.45, 2.75) is 61.7 Å². The van der Waals surface area contributed by atoms with Crippen molar-refractivity contribution in [1.82, 2.24) is 19.5 Å². The summed E-state index contributed by atoms with van der Waals surface area (Å²) in [5.74, 6) is -4.00. The molecule has 0 aromatic carbocycles. The molecule has 0 radical (unpaired) electrons. The Morgan fingerprint density at radius 2 is 1.79 bits per heavy atom. The summed E-state index contributed by atoms with van der Waals surface area (Å²) in [4.78, 5) is 32.0. The summed E-state index contributed by atoms with van der Waals surface area (Å²) >= 11 is 0. The maximum absolute atomic E-state index is 12.6. The first-order chi connectivity index (χ1) is 19.5. The van der Waals surface area contributed by atoms with Crippen molar-refractivity contribution in [3.05, 3.63) is 12.7 Å². The van der Waals surface area contributed by atoms with Gasteiger partial charge < -0.3 is 60.7 Å². The number of hydrogen-bond donors (Lipinski definition) is 10. The number of nitrogens with zero attached hydrogens (tertiary/aromatic N) is 4. The number of nitrogens with two attached hydrogens (primary N) is 1. The fourth-order valence-electron chi connectivity index (χ4n) is 4.47. The van der Waals surface area contributed by atoms with Crippen LogP contribution < -0.4 is 5.73 Å². The molecule has 2 aromatic rings. The Labute approximate surface area is 235 Å². The second-order valence-electron chi connectivity index (χ2n) is 9.70. The quantitative estimate of drug-likeness (QED) is 0.110. The molecule has 42 heavy (non-hydrogen) atoms. The summed E-state index contributed by atoms with van der Waals surface area (Å²) in [6.07, 6.45) is -11.7. The minimum atomic E-state index is -5.69. The van der Waals surface area contributed by atoms with Gasteiger partial charge in [-0.25, -0.2) is 24.1 Å². The summed E-state index contributed by atoms with van der Waals surface area (Å²) in [6, 6.07) is 0. The first-order valence-electron chi connectivity index (χ1n) is 12.1. The Balaban J connectivity index is 1.40. The fraction of sp³-hybridized carbons (Fsp3) is 0.737. The van der Waals surface area contributed by atoms with Crippen molar-refractivity contribution in [1.29, 1.82) is 0 Å². The zero-order valence-corrected chi connectivity index (χ0v) is 23.4. The van der Waals surface area contributed by atoms with Gasteiger partial charge in [-0.2, -0.15) is 4.31 Å². The predicted molar refractivity (Wildman–Crippen MR) is 132 cm³/mol. The first kappa shape index (κ1) is 33.1. The molecule has 2 aromatic heterocycles. The molecular formula is C19H31N5O16P2. The Morgan fingerprint density at radius 3 is 2.45 bits per heavy atom. The Kier molecular flexibility index (Phi) is 9.73. The average Bonchev–Trinajstić information content (AvgIpc) is 3.44. The van der Waals surface area contributed by atoms with Crippen LogP contribution in [0.2, 0.25) is 0 Å². The van der Waals surface area contributed by atoms with Gasteiger partial charge in [-0.1, -0.05) is 0 Å². The number of fused-ring (bicyclic) bond motifs is 1. The third-order valence-electron chi connectivity index (χ3n) is 6.80. The van der Waals surface area contributed by atoms with Crippen molar-refractivity contribution in [2.24, 2.45) is 5.92 Å². The lowest BCUT2D eigenvalue weighted by molar-refractivity contribution is -0.246. The topological polar surface area (TPSA) is 332 Å². The molecule has 2 saturated heterocycles. The van der Waals surface area contributed by atoms with Crippen LogP contribution in [0.5, 0.6) is 0 Å². The summed E-state index contributed by atoms with van der Waals surface area (Å²) in [6.45, 7) is -1.71. The lowest BCUT2D eigenvalue weighted by atomic mass is 9.91. The zero-order chi connectivity index (χ0) is 31.2. The van der Waals surface area contributed by atoms with E-state index < -0.39 is 96.1 Å². The van der Waals surface area contributed by atoms with E-state index in [1.165, 1.54) is 10.9 Å². The van der Waals surface area contributed by atoms with Crippen LogP contribution in [0.1, 0.15) is 13.2 Å². The molecular weight excluding hydrogens is 616 g/mol. The molecule has 21 nitrogen and oxygen atoms in total. The molecule has 0 saturated carbocycles. The summed E-state index contributed by atoms with van der Waals surface area (Å²) in [5.41, 5.74) is 6.05. The largest absolute Gasteiger partial charge is 0.483 e. The number of rotatable bonds is 10. The molecule has 2 fully saturated rings. The molecule has 12 atom stereocenters. The van der Waals surface area contributed by atoms with Gasteiger partial charge in [0.15, 0.2) is 17.7 Å². The van der Waals surface area contributed by atoms with Gasteiger partial charge in [-0.05, 0) is 6.92 Å². The molecule has 0 amide bonds. The smallest absolute Gasteiger partial charge is 0.394 e. The molecule has 23 heteroatoms. The summed E-state index contributed by atoms with van der Waals surface area (Å²) < 4.78 is 50.7. The highest BCUT2D eigenvalue weighted by atomic mass is 31.3. The number of phosphoric ester groups is 2. The van der Waals surface area contributed by atoms with Gasteiger partial charge in [-0.3, -0.25) is 13.6 Å². The molecule has 9 unspecified atom stereocenters. The number of hydrogen-bond acceptors (Lipinski definition) is 18. The van der Waals surface area contributed by atoms with Crippen LogP contribution in [0.15, 0.2) is 12.7 Å². The Hall–Kier alpha value is -1.75. The predicted octanol–water partition coefficient (Wildman–Crippen LogP) is -3.92. The van der Waals surface area contributed by atoms with Crippen LogP contribution in [0.25, 0.3) is 11.2 Å². The van der Waals surface area contributed by atoms with E-state index in [4.69, 9.17) is 24.8 Å². The van der Waals surface area contributed by atoms with Gasteiger partial charge in [0.2, 0.25) is 5.79 Å². The second-order valence-corrected chi connectivity index (χ2v) is 12.7. The molecule has 0 aliphatic carbocycles. The maximum Gasteiger partial charge on any atom is 0.483 e. The monoisotopic (exact) mass is 647 g/mol. The van der Waals surface area contributed by atoms with Crippen molar-refractivity contribution in [3.63, 3.8) is 0 Å². The van der Waals surface area contributed by atoms with E-state index >= 15 is 0 Å². The Bertz CT molecular complexity index is 1350. The minimum absolute atomic E-state index is 0.0320. The van der Waals surface area contributed by atoms with Crippen LogP contribution in [-0.4, -0.2) is 133 Å². The van der Waals surface area contributed by atoms with E-state index in [1.54, 1.807) is 0 Å². The standard InChI is InChI=1S/C19H31N5O16P2/c1-19(15(31)13(29)11(27)7(3-36-19)8(26)2-25)39-42(34,35)40-41(32,33)37-4-9-12(28)14(30)18(38-9)24-6-23-10-16(20)21-5-22-17(10)24/h5-9,11-15,18,25-31H,2-4H2,1H3,(H,32,33)(H,34,35)(H2,20,21,22)/t7?,8?,9-,11-,12?,13?,14?,15?,18-,19?/m1/s1.